The number of ether oxygens (including phenoxy) is 8. The summed E-state index contributed by atoms with van der Waals surface area (Å²) in [4.78, 5) is 11.9. The van der Waals surface area contributed by atoms with E-state index in [2.05, 4.69) is 0 Å². The molecule has 18 nitrogen and oxygen atoms in total. The van der Waals surface area contributed by atoms with E-state index in [9.17, 15) is 50.8 Å². The van der Waals surface area contributed by atoms with Gasteiger partial charge in [-0.15, -0.1) is 0 Å². The molecule has 0 aromatic carbocycles. The molecule has 9 N–H and O–H groups in total. The van der Waals surface area contributed by atoms with Gasteiger partial charge in [-0.2, -0.15) is 0 Å². The molecule has 4 heterocycles. The molecule has 0 aromatic heterocycles. The van der Waals surface area contributed by atoms with Crippen molar-refractivity contribution in [1.29, 1.82) is 0 Å². The average molecular weight is 617 g/mol. The second kappa shape index (κ2) is 13.9. The van der Waals surface area contributed by atoms with E-state index in [1.54, 1.807) is 0 Å². The van der Waals surface area contributed by atoms with Crippen molar-refractivity contribution < 1.29 is 88.6 Å². The Morgan fingerprint density at radius 1 is 0.667 bits per heavy atom. The first kappa shape index (κ1) is 33.7. The second-order valence-corrected chi connectivity index (χ2v) is 10.8. The number of carbonyl (C=O) groups is 1. The summed E-state index contributed by atoms with van der Waals surface area (Å²) in [6, 6.07) is 0. The van der Waals surface area contributed by atoms with Crippen LogP contribution in [0.1, 0.15) is 20.8 Å². The molecule has 4 saturated heterocycles. The third-order valence-electron chi connectivity index (χ3n) is 7.65. The monoisotopic (exact) mass is 616 g/mol. The Morgan fingerprint density at radius 3 is 1.83 bits per heavy atom. The van der Waals surface area contributed by atoms with E-state index >= 15 is 0 Å². The van der Waals surface area contributed by atoms with Crippen molar-refractivity contribution in [2.24, 2.45) is 0 Å². The first-order chi connectivity index (χ1) is 19.7. The summed E-state index contributed by atoms with van der Waals surface area (Å²) in [6.07, 6.45) is -26.8. The number of aliphatic hydroxyl groups excluding tert-OH is 9. The van der Waals surface area contributed by atoms with Gasteiger partial charge in [0.25, 0.3) is 0 Å². The first-order valence-corrected chi connectivity index (χ1v) is 13.5. The molecule has 42 heavy (non-hydrogen) atoms. The third-order valence-corrected chi connectivity index (χ3v) is 7.65. The number of carbonyl (C=O) groups excluding carboxylic acids is 1. The fourth-order valence-corrected chi connectivity index (χ4v) is 5.29. The topological polar surface area (TPSA) is 273 Å². The van der Waals surface area contributed by atoms with Gasteiger partial charge in [0, 0.05) is 6.92 Å². The second-order valence-electron chi connectivity index (χ2n) is 10.8. The highest BCUT2D eigenvalue weighted by atomic mass is 16.8. The highest BCUT2D eigenvalue weighted by Crippen LogP contribution is 2.35. The first-order valence-electron chi connectivity index (χ1n) is 13.5. The minimum atomic E-state index is -1.85. The third kappa shape index (κ3) is 6.89. The minimum Gasteiger partial charge on any atom is -0.457 e. The minimum absolute atomic E-state index is 0.367. The number of hydrogen-bond acceptors (Lipinski definition) is 18. The molecular weight excluding hydrogens is 576 g/mol. The van der Waals surface area contributed by atoms with Crippen LogP contribution in [-0.4, -0.2) is 176 Å². The molecular formula is C24H40O18. The van der Waals surface area contributed by atoms with E-state index < -0.39 is 123 Å². The Morgan fingerprint density at radius 2 is 1.21 bits per heavy atom. The summed E-state index contributed by atoms with van der Waals surface area (Å²) in [5.41, 5.74) is 0. The van der Waals surface area contributed by atoms with Crippen LogP contribution in [-0.2, 0) is 42.7 Å². The van der Waals surface area contributed by atoms with Gasteiger partial charge in [-0.05, 0) is 13.8 Å². The summed E-state index contributed by atoms with van der Waals surface area (Å²) in [7, 11) is 0. The predicted octanol–water partition coefficient (Wildman–Crippen LogP) is -5.84. The van der Waals surface area contributed by atoms with Crippen molar-refractivity contribution in [3.05, 3.63) is 0 Å². The van der Waals surface area contributed by atoms with Gasteiger partial charge in [0.1, 0.15) is 67.1 Å². The zero-order valence-electron chi connectivity index (χ0n) is 23.0. The highest BCUT2D eigenvalue weighted by molar-refractivity contribution is 5.66. The van der Waals surface area contributed by atoms with Gasteiger partial charge in [-0.25, -0.2) is 0 Å². The molecule has 244 valence electrons. The Labute approximate surface area is 239 Å². The largest absolute Gasteiger partial charge is 0.457 e. The summed E-state index contributed by atoms with van der Waals surface area (Å²) in [5.74, 6) is -0.761. The molecule has 0 radical (unpaired) electrons. The lowest BCUT2D eigenvalue weighted by molar-refractivity contribution is -0.381. The van der Waals surface area contributed by atoms with Gasteiger partial charge in [-0.1, -0.05) is 0 Å². The van der Waals surface area contributed by atoms with Crippen molar-refractivity contribution in [2.45, 2.75) is 131 Å². The van der Waals surface area contributed by atoms with Crippen LogP contribution in [0, 0.1) is 0 Å². The zero-order valence-corrected chi connectivity index (χ0v) is 23.0. The van der Waals surface area contributed by atoms with Crippen LogP contribution in [0.15, 0.2) is 0 Å². The summed E-state index contributed by atoms with van der Waals surface area (Å²) < 4.78 is 44.2. The fourth-order valence-electron chi connectivity index (χ4n) is 5.29. The predicted molar refractivity (Wildman–Crippen MR) is 129 cm³/mol. The zero-order chi connectivity index (χ0) is 31.0. The molecule has 18 heteroatoms. The van der Waals surface area contributed by atoms with Gasteiger partial charge >= 0.3 is 5.97 Å². The molecule has 0 spiro atoms. The Hall–Kier alpha value is -1.17. The molecule has 4 aliphatic rings. The van der Waals surface area contributed by atoms with Crippen LogP contribution in [0.3, 0.4) is 0 Å². The van der Waals surface area contributed by atoms with E-state index in [4.69, 9.17) is 37.9 Å². The lowest BCUT2D eigenvalue weighted by Crippen LogP contribution is -2.65. The van der Waals surface area contributed by atoms with E-state index in [1.807, 2.05) is 0 Å². The van der Waals surface area contributed by atoms with Gasteiger partial charge < -0.3 is 83.9 Å². The van der Waals surface area contributed by atoms with Crippen molar-refractivity contribution >= 4 is 5.97 Å². The number of hydrogen-bond donors (Lipinski definition) is 9. The van der Waals surface area contributed by atoms with E-state index in [0.717, 1.165) is 6.92 Å². The van der Waals surface area contributed by atoms with Crippen LogP contribution in [0.25, 0.3) is 0 Å². The normalized spacial score (nSPS) is 51.8. The average Bonchev–Trinajstić information content (AvgIpc) is 3.20. The van der Waals surface area contributed by atoms with Crippen LogP contribution in [0.4, 0.5) is 0 Å². The maximum atomic E-state index is 11.9. The van der Waals surface area contributed by atoms with Gasteiger partial charge in [-0.3, -0.25) is 4.79 Å². The molecule has 0 bridgehead atoms. The maximum Gasteiger partial charge on any atom is 0.303 e. The number of esters is 1. The van der Waals surface area contributed by atoms with Crippen molar-refractivity contribution in [3.8, 4) is 0 Å². The molecule has 4 fully saturated rings. The van der Waals surface area contributed by atoms with E-state index in [0.29, 0.717) is 0 Å². The van der Waals surface area contributed by atoms with Crippen LogP contribution in [0.5, 0.6) is 0 Å². The molecule has 0 aliphatic carbocycles. The standard InChI is InChI=1S/C24H40O18/c1-6-17(40-22-14(31)11(28)9(27)5-35-22)13(30)16(33)23(37-6)42-20-19(18(38-8(3)26)7(2)36-21(20)34)41-24-15(32)12(29)10(4-25)39-24/h6-7,9-25,27-34H,4-5H2,1-3H3/t6-,7+,9+,10-,11-,12-,13-,14+,15+,16+,17-,18-,19-,20+,21?,22-,23-,24-/m0/s1. The van der Waals surface area contributed by atoms with E-state index in [-0.39, 0.29) is 6.61 Å². The Balaban J connectivity index is 1.50. The molecule has 0 saturated carbocycles. The number of rotatable bonds is 8. The molecule has 18 atom stereocenters. The summed E-state index contributed by atoms with van der Waals surface area (Å²) >= 11 is 0. The maximum absolute atomic E-state index is 11.9. The SMILES string of the molecule is CC(=O)O[C@@H]1[C@H](O[C@@H]2O[C@@H](CO)[C@H](O)[C@H]2O)[C@@H](O[C@@H]2O[C@@H](C)[C@H](O[C@@H]3OC[C@@H](O)[C@H](O)[C@H]3O)[C@@H](O)[C@H]2O)C(O)O[C@@H]1C. The Kier molecular flexibility index (Phi) is 11.1. The highest BCUT2D eigenvalue weighted by Gasteiger charge is 2.55. The van der Waals surface area contributed by atoms with Crippen LogP contribution >= 0.6 is 0 Å². The molecule has 0 amide bonds. The lowest BCUT2D eigenvalue weighted by atomic mass is 9.97. The fraction of sp³-hybridized carbons (Fsp3) is 0.958. The van der Waals surface area contributed by atoms with Crippen molar-refractivity contribution in [2.75, 3.05) is 13.2 Å². The molecule has 4 rings (SSSR count). The molecule has 4 aliphatic heterocycles. The molecule has 0 aromatic rings. The van der Waals surface area contributed by atoms with Crippen LogP contribution in [0.2, 0.25) is 0 Å². The summed E-state index contributed by atoms with van der Waals surface area (Å²) in [6.45, 7) is 2.98. The lowest BCUT2D eigenvalue weighted by Gasteiger charge is -2.48. The smallest absolute Gasteiger partial charge is 0.303 e. The number of aliphatic hydroxyl groups is 9. The van der Waals surface area contributed by atoms with Crippen LogP contribution < -0.4 is 0 Å². The van der Waals surface area contributed by atoms with Gasteiger partial charge in [0.15, 0.2) is 31.3 Å². The quantitative estimate of drug-likeness (QED) is 0.115. The van der Waals surface area contributed by atoms with Crippen molar-refractivity contribution in [1.82, 2.24) is 0 Å². The molecule has 1 unspecified atom stereocenters. The van der Waals surface area contributed by atoms with Crippen molar-refractivity contribution in [3.63, 3.8) is 0 Å². The summed E-state index contributed by atoms with van der Waals surface area (Å²) in [5, 5.41) is 92.2. The van der Waals surface area contributed by atoms with Gasteiger partial charge in [0.2, 0.25) is 0 Å². The Bertz CT molecular complexity index is 895. The van der Waals surface area contributed by atoms with E-state index in [1.165, 1.54) is 13.8 Å². The van der Waals surface area contributed by atoms with Gasteiger partial charge in [0.05, 0.1) is 25.4 Å².